The van der Waals surface area contributed by atoms with Crippen molar-refractivity contribution >= 4 is 17.5 Å². The van der Waals surface area contributed by atoms with Gasteiger partial charge in [0.15, 0.2) is 0 Å². The molecule has 1 aromatic carbocycles. The number of aromatic nitrogens is 1. The first kappa shape index (κ1) is 15.9. The van der Waals surface area contributed by atoms with E-state index in [1.165, 1.54) is 12.8 Å². The second-order valence-corrected chi connectivity index (χ2v) is 6.88. The van der Waals surface area contributed by atoms with Gasteiger partial charge >= 0.3 is 0 Å². The highest BCUT2D eigenvalue weighted by Crippen LogP contribution is 2.31. The van der Waals surface area contributed by atoms with Crippen molar-refractivity contribution in [3.05, 3.63) is 54.4 Å². The largest absolute Gasteiger partial charge is 0.340 e. The Morgan fingerprint density at radius 2 is 1.76 bits per heavy atom. The van der Waals surface area contributed by atoms with Gasteiger partial charge in [0, 0.05) is 24.5 Å². The highest BCUT2D eigenvalue weighted by atomic mass is 16.2. The molecule has 2 fully saturated rings. The number of hydrogen-bond acceptors (Lipinski definition) is 2. The summed E-state index contributed by atoms with van der Waals surface area (Å²) >= 11 is 0. The molecule has 5 heteroatoms. The molecule has 25 heavy (non-hydrogen) atoms. The summed E-state index contributed by atoms with van der Waals surface area (Å²) in [6.45, 7) is 0.636. The number of para-hydroxylation sites is 1. The monoisotopic (exact) mass is 337 g/mol. The number of nitrogens with zero attached hydrogens (tertiary/aromatic N) is 2. The maximum Gasteiger partial charge on any atom is 0.268 e. The predicted molar refractivity (Wildman–Crippen MR) is 96.6 cm³/mol. The van der Waals surface area contributed by atoms with Gasteiger partial charge in [0.05, 0.1) is 0 Å². The van der Waals surface area contributed by atoms with Crippen LogP contribution in [-0.4, -0.2) is 29.0 Å². The van der Waals surface area contributed by atoms with Crippen LogP contribution in [-0.2, 0) is 4.79 Å². The van der Waals surface area contributed by atoms with Crippen LogP contribution >= 0.6 is 0 Å². The van der Waals surface area contributed by atoms with Crippen LogP contribution in [0.1, 0.15) is 48.6 Å². The second kappa shape index (κ2) is 6.75. The Labute approximate surface area is 147 Å². The lowest BCUT2D eigenvalue weighted by Gasteiger charge is -2.19. The fourth-order valence-corrected chi connectivity index (χ4v) is 4.00. The fraction of sp³-hybridized carbons (Fsp3) is 0.400. The van der Waals surface area contributed by atoms with E-state index in [1.807, 2.05) is 48.7 Å². The zero-order valence-electron chi connectivity index (χ0n) is 14.2. The normalized spacial score (nSPS) is 21.0. The first-order valence-corrected chi connectivity index (χ1v) is 9.08. The van der Waals surface area contributed by atoms with Gasteiger partial charge < -0.3 is 14.8 Å². The van der Waals surface area contributed by atoms with E-state index in [0.717, 1.165) is 18.5 Å². The van der Waals surface area contributed by atoms with Crippen LogP contribution in [0.25, 0.3) is 0 Å². The molecule has 1 N–H and O–H groups in total. The maximum absolute atomic E-state index is 12.7. The number of anilines is 1. The van der Waals surface area contributed by atoms with E-state index in [4.69, 9.17) is 0 Å². The predicted octanol–water partition coefficient (Wildman–Crippen LogP) is 3.14. The molecule has 2 aliphatic rings. The summed E-state index contributed by atoms with van der Waals surface area (Å²) in [4.78, 5) is 27.1. The maximum atomic E-state index is 12.7. The van der Waals surface area contributed by atoms with E-state index in [0.29, 0.717) is 24.7 Å². The first-order valence-electron chi connectivity index (χ1n) is 9.08. The summed E-state index contributed by atoms with van der Waals surface area (Å²) in [6, 6.07) is 13.4. The summed E-state index contributed by atoms with van der Waals surface area (Å²) < 4.78 is 2.08. The minimum atomic E-state index is -0.445. The van der Waals surface area contributed by atoms with Gasteiger partial charge in [-0.25, -0.2) is 0 Å². The number of nitrogens with one attached hydrogen (secondary N) is 1. The Bertz CT molecular complexity index is 762. The van der Waals surface area contributed by atoms with Gasteiger partial charge in [-0.1, -0.05) is 31.0 Å². The first-order chi connectivity index (χ1) is 12.2. The average molecular weight is 337 g/mol. The third-order valence-electron chi connectivity index (χ3n) is 5.31. The molecule has 0 radical (unpaired) electrons. The van der Waals surface area contributed by atoms with Crippen LogP contribution in [0.4, 0.5) is 5.69 Å². The fourth-order valence-electron chi connectivity index (χ4n) is 4.00. The molecular formula is C20H23N3O2. The Hall–Kier alpha value is -2.56. The summed E-state index contributed by atoms with van der Waals surface area (Å²) in [6.07, 6.45) is 7.31. The molecule has 1 aliphatic heterocycles. The van der Waals surface area contributed by atoms with Crippen molar-refractivity contribution < 1.29 is 9.59 Å². The SMILES string of the molecule is O=C(NC1CCN(c2ccccc2)C1=O)c1cccn1C1CCCC1. The van der Waals surface area contributed by atoms with Crippen molar-refractivity contribution in [1.29, 1.82) is 0 Å². The smallest absolute Gasteiger partial charge is 0.268 e. The molecule has 4 rings (SSSR count). The third kappa shape index (κ3) is 3.06. The van der Waals surface area contributed by atoms with Crippen molar-refractivity contribution in [2.75, 3.05) is 11.4 Å². The van der Waals surface area contributed by atoms with E-state index in [9.17, 15) is 9.59 Å². The quantitative estimate of drug-likeness (QED) is 0.932. The molecule has 0 spiro atoms. The molecule has 5 nitrogen and oxygen atoms in total. The number of hydrogen-bond donors (Lipinski definition) is 1. The Balaban J connectivity index is 1.45. The Morgan fingerprint density at radius 3 is 2.52 bits per heavy atom. The van der Waals surface area contributed by atoms with Crippen LogP contribution in [0.15, 0.2) is 48.7 Å². The Morgan fingerprint density at radius 1 is 1.00 bits per heavy atom. The van der Waals surface area contributed by atoms with Crippen molar-refractivity contribution in [2.24, 2.45) is 0 Å². The standard InChI is InChI=1S/C20H23N3O2/c24-19(18-11-6-13-22(18)15-9-4-5-10-15)21-17-12-14-23(20(17)25)16-7-2-1-3-8-16/h1-3,6-8,11,13,15,17H,4-5,9-10,12,14H2,(H,21,24). The van der Waals surface area contributed by atoms with Gasteiger partial charge in [0.1, 0.15) is 11.7 Å². The minimum absolute atomic E-state index is 0.0291. The summed E-state index contributed by atoms with van der Waals surface area (Å²) in [7, 11) is 0. The lowest BCUT2D eigenvalue weighted by Crippen LogP contribution is -2.42. The molecule has 2 heterocycles. The van der Waals surface area contributed by atoms with E-state index in [2.05, 4.69) is 9.88 Å². The van der Waals surface area contributed by atoms with Crippen molar-refractivity contribution in [2.45, 2.75) is 44.2 Å². The molecule has 1 unspecified atom stereocenters. The number of amides is 2. The molecule has 0 bridgehead atoms. The summed E-state index contributed by atoms with van der Waals surface area (Å²) in [5.74, 6) is -0.177. The molecule has 1 saturated heterocycles. The van der Waals surface area contributed by atoms with Crippen molar-refractivity contribution in [3.8, 4) is 0 Å². The average Bonchev–Trinajstić information content (AvgIpc) is 3.36. The van der Waals surface area contributed by atoms with Gasteiger partial charge in [-0.05, 0) is 43.5 Å². The third-order valence-corrected chi connectivity index (χ3v) is 5.31. The van der Waals surface area contributed by atoms with Crippen LogP contribution in [0.3, 0.4) is 0 Å². The molecular weight excluding hydrogens is 314 g/mol. The zero-order chi connectivity index (χ0) is 17.2. The lowest BCUT2D eigenvalue weighted by atomic mass is 10.2. The lowest BCUT2D eigenvalue weighted by molar-refractivity contribution is -0.118. The number of carbonyl (C=O) groups is 2. The number of carbonyl (C=O) groups excluding carboxylic acids is 2. The number of rotatable bonds is 4. The molecule has 130 valence electrons. The second-order valence-electron chi connectivity index (χ2n) is 6.88. The molecule has 1 atom stereocenters. The molecule has 1 aliphatic carbocycles. The van der Waals surface area contributed by atoms with Gasteiger partial charge in [-0.3, -0.25) is 9.59 Å². The van der Waals surface area contributed by atoms with Crippen LogP contribution in [0, 0.1) is 0 Å². The molecule has 2 amide bonds. The van der Waals surface area contributed by atoms with E-state index in [-0.39, 0.29) is 11.8 Å². The molecule has 1 saturated carbocycles. The van der Waals surface area contributed by atoms with E-state index in [1.54, 1.807) is 4.90 Å². The topological polar surface area (TPSA) is 54.3 Å². The van der Waals surface area contributed by atoms with Crippen LogP contribution in [0.2, 0.25) is 0 Å². The van der Waals surface area contributed by atoms with Crippen molar-refractivity contribution in [3.63, 3.8) is 0 Å². The highest BCUT2D eigenvalue weighted by molar-refractivity contribution is 6.03. The van der Waals surface area contributed by atoms with Gasteiger partial charge in [0.25, 0.3) is 5.91 Å². The van der Waals surface area contributed by atoms with Crippen LogP contribution in [0.5, 0.6) is 0 Å². The molecule has 1 aromatic heterocycles. The van der Waals surface area contributed by atoms with Gasteiger partial charge in [-0.15, -0.1) is 0 Å². The van der Waals surface area contributed by atoms with Crippen LogP contribution < -0.4 is 10.2 Å². The van der Waals surface area contributed by atoms with Crippen molar-refractivity contribution in [1.82, 2.24) is 9.88 Å². The zero-order valence-corrected chi connectivity index (χ0v) is 14.2. The van der Waals surface area contributed by atoms with Gasteiger partial charge in [-0.2, -0.15) is 0 Å². The van der Waals surface area contributed by atoms with Gasteiger partial charge in [0.2, 0.25) is 5.91 Å². The molecule has 2 aromatic rings. The van der Waals surface area contributed by atoms with E-state index < -0.39 is 6.04 Å². The summed E-state index contributed by atoms with van der Waals surface area (Å²) in [5, 5.41) is 2.94. The Kier molecular flexibility index (Phi) is 4.30. The number of benzene rings is 1. The highest BCUT2D eigenvalue weighted by Gasteiger charge is 2.34. The van der Waals surface area contributed by atoms with E-state index >= 15 is 0 Å². The summed E-state index contributed by atoms with van der Waals surface area (Å²) in [5.41, 5.74) is 1.55. The minimum Gasteiger partial charge on any atom is -0.340 e.